The summed E-state index contributed by atoms with van der Waals surface area (Å²) in [4.78, 5) is 2.36. The first-order valence-corrected chi connectivity index (χ1v) is 9.20. The number of halogens is 1. The van der Waals surface area contributed by atoms with Crippen molar-refractivity contribution in [3.63, 3.8) is 0 Å². The number of hydrogen-bond acceptors (Lipinski definition) is 1. The van der Waals surface area contributed by atoms with Gasteiger partial charge in [0, 0.05) is 42.1 Å². The van der Waals surface area contributed by atoms with Crippen LogP contribution in [0.15, 0.2) is 48.5 Å². The number of aryl methyl sites for hydroxylation is 2. The number of benzene rings is 2. The Morgan fingerprint density at radius 3 is 2.72 bits per heavy atom. The molecule has 4 rings (SSSR count). The largest absolute Gasteiger partial charge is 0.344 e. The van der Waals surface area contributed by atoms with Gasteiger partial charge in [0.1, 0.15) is 5.82 Å². The average Bonchev–Trinajstić information content (AvgIpc) is 2.93. The lowest BCUT2D eigenvalue weighted by molar-refractivity contribution is 0.245. The van der Waals surface area contributed by atoms with E-state index in [1.807, 2.05) is 6.07 Å². The van der Waals surface area contributed by atoms with Gasteiger partial charge in [-0.3, -0.25) is 4.90 Å². The fraction of sp³-hybridized carbons (Fsp3) is 0.364. The Balaban J connectivity index is 1.68. The van der Waals surface area contributed by atoms with Crippen molar-refractivity contribution in [2.24, 2.45) is 0 Å². The second kappa shape index (κ2) is 6.64. The Morgan fingerprint density at radius 2 is 1.92 bits per heavy atom. The Labute approximate surface area is 148 Å². The molecule has 130 valence electrons. The number of aromatic nitrogens is 1. The molecule has 1 unspecified atom stereocenters. The third kappa shape index (κ3) is 2.98. The van der Waals surface area contributed by atoms with E-state index < -0.39 is 0 Å². The van der Waals surface area contributed by atoms with Crippen molar-refractivity contribution < 1.29 is 4.39 Å². The van der Waals surface area contributed by atoms with Crippen molar-refractivity contribution in [1.82, 2.24) is 9.47 Å². The molecule has 0 amide bonds. The lowest BCUT2D eigenvalue weighted by Crippen LogP contribution is -2.31. The van der Waals surface area contributed by atoms with Crippen LogP contribution in [-0.4, -0.2) is 23.1 Å². The van der Waals surface area contributed by atoms with E-state index in [2.05, 4.69) is 53.8 Å². The predicted octanol–water partition coefficient (Wildman–Crippen LogP) is 4.96. The molecule has 25 heavy (non-hydrogen) atoms. The van der Waals surface area contributed by atoms with E-state index in [1.165, 1.54) is 22.3 Å². The molecule has 0 radical (unpaired) electrons. The first-order valence-electron chi connectivity index (χ1n) is 9.20. The highest BCUT2D eigenvalue weighted by Gasteiger charge is 2.27. The number of rotatable bonds is 4. The third-order valence-corrected chi connectivity index (χ3v) is 5.65. The first-order chi connectivity index (χ1) is 12.1. The van der Waals surface area contributed by atoms with E-state index in [0.717, 1.165) is 37.7 Å². The van der Waals surface area contributed by atoms with Crippen LogP contribution in [0.3, 0.4) is 0 Å². The summed E-state index contributed by atoms with van der Waals surface area (Å²) >= 11 is 0. The van der Waals surface area contributed by atoms with Crippen molar-refractivity contribution in [3.8, 4) is 0 Å². The van der Waals surface area contributed by atoms with Crippen LogP contribution in [0.1, 0.15) is 36.2 Å². The van der Waals surface area contributed by atoms with E-state index in [0.29, 0.717) is 6.04 Å². The van der Waals surface area contributed by atoms with Crippen LogP contribution in [0.25, 0.3) is 10.9 Å². The molecule has 1 aromatic heterocycles. The Kier molecular flexibility index (Phi) is 4.34. The topological polar surface area (TPSA) is 8.17 Å². The monoisotopic (exact) mass is 336 g/mol. The lowest BCUT2D eigenvalue weighted by atomic mass is 9.97. The molecular formula is C22H25FN2. The first kappa shape index (κ1) is 16.3. The molecule has 1 aliphatic rings. The van der Waals surface area contributed by atoms with Crippen LogP contribution in [0.2, 0.25) is 0 Å². The summed E-state index contributed by atoms with van der Waals surface area (Å²) in [6.45, 7) is 4.28. The minimum atomic E-state index is -0.142. The molecule has 0 spiro atoms. The summed E-state index contributed by atoms with van der Waals surface area (Å²) in [5.74, 6) is -0.142. The molecular weight excluding hydrogens is 311 g/mol. The van der Waals surface area contributed by atoms with Gasteiger partial charge in [-0.2, -0.15) is 0 Å². The number of fused-ring (bicyclic) bond motifs is 3. The van der Waals surface area contributed by atoms with Gasteiger partial charge in [-0.25, -0.2) is 4.39 Å². The van der Waals surface area contributed by atoms with Gasteiger partial charge in [0.25, 0.3) is 0 Å². The van der Waals surface area contributed by atoms with Crippen LogP contribution in [-0.2, 0) is 19.4 Å². The predicted molar refractivity (Wildman–Crippen MR) is 101 cm³/mol. The van der Waals surface area contributed by atoms with Crippen molar-refractivity contribution >= 4 is 10.9 Å². The summed E-state index contributed by atoms with van der Waals surface area (Å²) in [7, 11) is 2.16. The summed E-state index contributed by atoms with van der Waals surface area (Å²) in [6.07, 6.45) is 3.21. The van der Waals surface area contributed by atoms with E-state index >= 15 is 0 Å². The van der Waals surface area contributed by atoms with Crippen LogP contribution in [0.4, 0.5) is 4.39 Å². The summed E-state index contributed by atoms with van der Waals surface area (Å²) in [6, 6.07) is 16.2. The van der Waals surface area contributed by atoms with Crippen LogP contribution >= 0.6 is 0 Å². The molecule has 0 N–H and O–H groups in total. The summed E-state index contributed by atoms with van der Waals surface area (Å²) < 4.78 is 16.3. The Bertz CT molecular complexity index is 882. The fourth-order valence-electron chi connectivity index (χ4n) is 4.18. The van der Waals surface area contributed by atoms with Gasteiger partial charge < -0.3 is 4.57 Å². The maximum Gasteiger partial charge on any atom is 0.123 e. The van der Waals surface area contributed by atoms with Gasteiger partial charge in [-0.05, 0) is 56.1 Å². The summed E-state index contributed by atoms with van der Waals surface area (Å²) in [5, 5.41) is 1.09. The second-order valence-corrected chi connectivity index (χ2v) is 7.17. The van der Waals surface area contributed by atoms with Crippen molar-refractivity contribution in [1.29, 1.82) is 0 Å². The van der Waals surface area contributed by atoms with Gasteiger partial charge in [-0.1, -0.05) is 30.3 Å². The molecule has 1 aliphatic heterocycles. The zero-order valence-electron chi connectivity index (χ0n) is 15.0. The average molecular weight is 336 g/mol. The van der Waals surface area contributed by atoms with E-state index in [-0.39, 0.29) is 5.82 Å². The van der Waals surface area contributed by atoms with Crippen LogP contribution in [0, 0.1) is 5.82 Å². The van der Waals surface area contributed by atoms with Crippen LogP contribution in [0.5, 0.6) is 0 Å². The van der Waals surface area contributed by atoms with E-state index in [1.54, 1.807) is 12.1 Å². The molecule has 2 aromatic carbocycles. The van der Waals surface area contributed by atoms with Gasteiger partial charge in [0.2, 0.25) is 0 Å². The molecule has 2 heterocycles. The fourth-order valence-corrected chi connectivity index (χ4v) is 4.18. The van der Waals surface area contributed by atoms with Gasteiger partial charge in [-0.15, -0.1) is 0 Å². The molecule has 0 bridgehead atoms. The van der Waals surface area contributed by atoms with E-state index in [4.69, 9.17) is 0 Å². The molecule has 0 fully saturated rings. The highest BCUT2D eigenvalue weighted by molar-refractivity contribution is 5.86. The highest BCUT2D eigenvalue weighted by Crippen LogP contribution is 2.37. The molecule has 3 heteroatoms. The second-order valence-electron chi connectivity index (χ2n) is 7.17. The molecule has 2 nitrogen and oxygen atoms in total. The maximum absolute atomic E-state index is 13.9. The number of likely N-dealkylation sites (N-methyl/N-ethyl adjacent to an activating group) is 1. The molecule has 3 aromatic rings. The lowest BCUT2D eigenvalue weighted by Gasteiger charge is -2.31. The minimum Gasteiger partial charge on any atom is -0.344 e. The molecule has 0 saturated carbocycles. The van der Waals surface area contributed by atoms with Crippen molar-refractivity contribution in [2.45, 2.75) is 38.8 Å². The minimum absolute atomic E-state index is 0.142. The Hall–Kier alpha value is -2.13. The van der Waals surface area contributed by atoms with Crippen molar-refractivity contribution in [3.05, 3.63) is 71.2 Å². The maximum atomic E-state index is 13.9. The highest BCUT2D eigenvalue weighted by atomic mass is 19.1. The number of hydrogen-bond donors (Lipinski definition) is 0. The quantitative estimate of drug-likeness (QED) is 0.653. The third-order valence-electron chi connectivity index (χ3n) is 5.65. The van der Waals surface area contributed by atoms with E-state index in [9.17, 15) is 4.39 Å². The zero-order valence-corrected chi connectivity index (χ0v) is 15.0. The molecule has 1 atom stereocenters. The standard InChI is InChI=1S/C22H25FN2/c1-16-22-19-15-18(23)10-11-20(19)25(21(22)12-14-24(16)2)13-6-9-17-7-4-3-5-8-17/h3-5,7-8,10-11,15-16H,6,9,12-14H2,1-2H3. The normalized spacial score (nSPS) is 17.8. The zero-order chi connectivity index (χ0) is 17.4. The molecule has 0 saturated heterocycles. The molecule has 0 aliphatic carbocycles. The van der Waals surface area contributed by atoms with Gasteiger partial charge >= 0.3 is 0 Å². The van der Waals surface area contributed by atoms with Crippen LogP contribution < -0.4 is 0 Å². The smallest absolute Gasteiger partial charge is 0.123 e. The Morgan fingerprint density at radius 1 is 1.12 bits per heavy atom. The van der Waals surface area contributed by atoms with Crippen molar-refractivity contribution in [2.75, 3.05) is 13.6 Å². The summed E-state index contributed by atoms with van der Waals surface area (Å²) in [5.41, 5.74) is 5.29. The SMILES string of the molecule is CC1c2c(n(CCCc3ccccc3)c3ccc(F)cc23)CCN1C. The van der Waals surface area contributed by atoms with Gasteiger partial charge in [0.15, 0.2) is 0 Å². The van der Waals surface area contributed by atoms with Gasteiger partial charge in [0.05, 0.1) is 0 Å². The number of nitrogens with zero attached hydrogens (tertiary/aromatic N) is 2.